The summed E-state index contributed by atoms with van der Waals surface area (Å²) in [6.45, 7) is 1.68. The van der Waals surface area contributed by atoms with Gasteiger partial charge in [-0.2, -0.15) is 5.10 Å². The van der Waals surface area contributed by atoms with Crippen LogP contribution in [0.1, 0.15) is 17.4 Å². The molecular weight excluding hydrogens is 404 g/mol. The molecule has 0 bridgehead atoms. The molecule has 0 aliphatic carbocycles. The van der Waals surface area contributed by atoms with Gasteiger partial charge in [0.1, 0.15) is 11.4 Å². The third kappa shape index (κ3) is 3.72. The van der Waals surface area contributed by atoms with Crippen LogP contribution in [0.5, 0.6) is 5.75 Å². The zero-order valence-electron chi connectivity index (χ0n) is 17.3. The standard InChI is InChI=1S/C25H20N4O3/c1-16-24(30)27-21-14-18(12-13-23(21)32-16)26-25(31)22-15-20(17-8-4-2-5-9-17)28-29(22)19-10-6-3-7-11-19/h2-16H,1H3,(H,26,31)(H,27,30)/t16-/m1/s1. The van der Waals surface area contributed by atoms with Crippen LogP contribution in [0, 0.1) is 0 Å². The Morgan fingerprint density at radius 3 is 2.47 bits per heavy atom. The van der Waals surface area contributed by atoms with Crippen molar-refractivity contribution in [2.75, 3.05) is 10.6 Å². The molecule has 1 atom stereocenters. The number of amides is 2. The van der Waals surface area contributed by atoms with Crippen molar-refractivity contribution in [1.82, 2.24) is 9.78 Å². The summed E-state index contributed by atoms with van der Waals surface area (Å²) in [5.41, 5.74) is 3.84. The van der Waals surface area contributed by atoms with Crippen molar-refractivity contribution < 1.29 is 14.3 Å². The Morgan fingerprint density at radius 1 is 1.00 bits per heavy atom. The first kappa shape index (κ1) is 19.6. The molecule has 1 aliphatic rings. The molecule has 0 fully saturated rings. The summed E-state index contributed by atoms with van der Waals surface area (Å²) in [5.74, 6) is 0.0198. The first-order chi connectivity index (χ1) is 15.6. The van der Waals surface area contributed by atoms with Crippen LogP contribution in [-0.2, 0) is 4.79 Å². The molecule has 1 aromatic heterocycles. The van der Waals surface area contributed by atoms with Gasteiger partial charge in [0.2, 0.25) is 0 Å². The highest BCUT2D eigenvalue weighted by Gasteiger charge is 2.24. The molecule has 0 saturated heterocycles. The van der Waals surface area contributed by atoms with E-state index in [1.807, 2.05) is 60.7 Å². The number of fused-ring (bicyclic) bond motifs is 1. The fourth-order valence-electron chi connectivity index (χ4n) is 3.54. The summed E-state index contributed by atoms with van der Waals surface area (Å²) in [6.07, 6.45) is -0.556. The molecule has 2 N–H and O–H groups in total. The van der Waals surface area contributed by atoms with Gasteiger partial charge >= 0.3 is 0 Å². The molecule has 0 spiro atoms. The summed E-state index contributed by atoms with van der Waals surface area (Å²) >= 11 is 0. The Balaban J connectivity index is 1.49. The fourth-order valence-corrected chi connectivity index (χ4v) is 3.54. The van der Waals surface area contributed by atoms with Crippen LogP contribution in [0.25, 0.3) is 16.9 Å². The summed E-state index contributed by atoms with van der Waals surface area (Å²) in [6, 6.07) is 26.1. The Hall–Kier alpha value is -4.39. The fraction of sp³-hybridized carbons (Fsp3) is 0.0800. The first-order valence-corrected chi connectivity index (χ1v) is 10.2. The number of nitrogens with zero attached hydrogens (tertiary/aromatic N) is 2. The van der Waals surface area contributed by atoms with Gasteiger partial charge in [-0.25, -0.2) is 4.68 Å². The smallest absolute Gasteiger partial charge is 0.274 e. The van der Waals surface area contributed by atoms with Crippen LogP contribution in [0.4, 0.5) is 11.4 Å². The Kier molecular flexibility index (Phi) is 4.91. The molecule has 32 heavy (non-hydrogen) atoms. The highest BCUT2D eigenvalue weighted by atomic mass is 16.5. The number of hydrogen-bond acceptors (Lipinski definition) is 4. The number of para-hydroxylation sites is 1. The number of anilines is 2. The predicted molar refractivity (Wildman–Crippen MR) is 122 cm³/mol. The second-order valence-electron chi connectivity index (χ2n) is 7.44. The molecule has 7 heteroatoms. The third-order valence-electron chi connectivity index (χ3n) is 5.18. The minimum absolute atomic E-state index is 0.226. The molecule has 5 rings (SSSR count). The number of benzene rings is 3. The number of aromatic nitrogens is 2. The van der Waals surface area contributed by atoms with Crippen molar-refractivity contribution in [3.05, 3.63) is 90.6 Å². The lowest BCUT2D eigenvalue weighted by atomic mass is 10.1. The van der Waals surface area contributed by atoms with E-state index in [4.69, 9.17) is 4.74 Å². The van der Waals surface area contributed by atoms with Crippen molar-refractivity contribution in [3.8, 4) is 22.7 Å². The quantitative estimate of drug-likeness (QED) is 0.505. The zero-order chi connectivity index (χ0) is 22.1. The van der Waals surface area contributed by atoms with E-state index in [0.717, 1.165) is 11.3 Å². The second-order valence-corrected chi connectivity index (χ2v) is 7.44. The largest absolute Gasteiger partial charge is 0.479 e. The monoisotopic (exact) mass is 424 g/mol. The molecule has 1 aliphatic heterocycles. The predicted octanol–water partition coefficient (Wildman–Crippen LogP) is 4.51. The van der Waals surface area contributed by atoms with Crippen molar-refractivity contribution in [3.63, 3.8) is 0 Å². The lowest BCUT2D eigenvalue weighted by Gasteiger charge is -2.23. The molecule has 0 radical (unpaired) electrons. The highest BCUT2D eigenvalue weighted by molar-refractivity contribution is 6.05. The van der Waals surface area contributed by atoms with E-state index >= 15 is 0 Å². The highest BCUT2D eigenvalue weighted by Crippen LogP contribution is 2.32. The van der Waals surface area contributed by atoms with E-state index in [1.165, 1.54) is 0 Å². The SMILES string of the molecule is C[C@H]1Oc2ccc(NC(=O)c3cc(-c4ccccc4)nn3-c3ccccc3)cc2NC1=O. The van der Waals surface area contributed by atoms with Crippen LogP contribution in [0.15, 0.2) is 84.9 Å². The lowest BCUT2D eigenvalue weighted by Crippen LogP contribution is -2.34. The second kappa shape index (κ2) is 8.03. The Morgan fingerprint density at radius 2 is 1.72 bits per heavy atom. The average Bonchev–Trinajstić information content (AvgIpc) is 3.27. The normalized spacial score (nSPS) is 14.8. The number of nitrogens with one attached hydrogen (secondary N) is 2. The van der Waals surface area contributed by atoms with E-state index in [-0.39, 0.29) is 11.8 Å². The zero-order valence-corrected chi connectivity index (χ0v) is 17.3. The number of carbonyl (C=O) groups is 2. The summed E-state index contributed by atoms with van der Waals surface area (Å²) in [7, 11) is 0. The molecule has 158 valence electrons. The van der Waals surface area contributed by atoms with Gasteiger partial charge in [-0.1, -0.05) is 48.5 Å². The van der Waals surface area contributed by atoms with E-state index in [9.17, 15) is 9.59 Å². The Bertz CT molecular complexity index is 1300. The molecule has 3 aromatic carbocycles. The van der Waals surface area contributed by atoms with Crippen LogP contribution >= 0.6 is 0 Å². The van der Waals surface area contributed by atoms with E-state index in [1.54, 1.807) is 35.9 Å². The van der Waals surface area contributed by atoms with Crippen molar-refractivity contribution >= 4 is 23.2 Å². The van der Waals surface area contributed by atoms with Gasteiger partial charge < -0.3 is 15.4 Å². The molecule has 7 nitrogen and oxygen atoms in total. The first-order valence-electron chi connectivity index (χ1n) is 10.2. The Labute approximate surface area is 184 Å². The summed E-state index contributed by atoms with van der Waals surface area (Å²) in [5, 5.41) is 10.4. The van der Waals surface area contributed by atoms with Gasteiger partial charge in [0.15, 0.2) is 6.10 Å². The number of carbonyl (C=O) groups excluding carboxylic acids is 2. The minimum Gasteiger partial charge on any atom is -0.479 e. The van der Waals surface area contributed by atoms with Crippen LogP contribution in [-0.4, -0.2) is 27.7 Å². The lowest BCUT2D eigenvalue weighted by molar-refractivity contribution is -0.122. The van der Waals surface area contributed by atoms with Crippen molar-refractivity contribution in [2.45, 2.75) is 13.0 Å². The topological polar surface area (TPSA) is 85.2 Å². The van der Waals surface area contributed by atoms with Crippen LogP contribution in [0.2, 0.25) is 0 Å². The van der Waals surface area contributed by atoms with Gasteiger partial charge in [-0.15, -0.1) is 0 Å². The maximum atomic E-state index is 13.2. The molecule has 0 unspecified atom stereocenters. The molecular formula is C25H20N4O3. The maximum Gasteiger partial charge on any atom is 0.274 e. The van der Waals surface area contributed by atoms with Crippen molar-refractivity contribution in [2.24, 2.45) is 0 Å². The van der Waals surface area contributed by atoms with Gasteiger partial charge in [0, 0.05) is 11.3 Å². The minimum atomic E-state index is -0.556. The molecule has 4 aromatic rings. The van der Waals surface area contributed by atoms with E-state index < -0.39 is 6.10 Å². The molecule has 0 saturated carbocycles. The molecule has 2 amide bonds. The number of hydrogen-bond donors (Lipinski definition) is 2. The maximum absolute atomic E-state index is 13.2. The summed E-state index contributed by atoms with van der Waals surface area (Å²) < 4.78 is 7.21. The van der Waals surface area contributed by atoms with Gasteiger partial charge in [0.25, 0.3) is 11.8 Å². The van der Waals surface area contributed by atoms with Crippen LogP contribution in [0.3, 0.4) is 0 Å². The third-order valence-corrected chi connectivity index (χ3v) is 5.18. The molecule has 2 heterocycles. The number of ether oxygens (including phenoxy) is 1. The van der Waals surface area contributed by atoms with E-state index in [2.05, 4.69) is 15.7 Å². The average molecular weight is 424 g/mol. The van der Waals surface area contributed by atoms with Gasteiger partial charge in [-0.3, -0.25) is 9.59 Å². The van der Waals surface area contributed by atoms with Crippen LogP contribution < -0.4 is 15.4 Å². The van der Waals surface area contributed by atoms with E-state index in [0.29, 0.717) is 28.5 Å². The van der Waals surface area contributed by atoms with Gasteiger partial charge in [-0.05, 0) is 43.3 Å². The van der Waals surface area contributed by atoms with Gasteiger partial charge in [0.05, 0.1) is 17.1 Å². The number of rotatable bonds is 4. The van der Waals surface area contributed by atoms with Crippen molar-refractivity contribution in [1.29, 1.82) is 0 Å². The summed E-state index contributed by atoms with van der Waals surface area (Å²) in [4.78, 5) is 25.2.